The molecule has 2 aromatic heterocycles. The first-order valence-electron chi connectivity index (χ1n) is 5.32. The molecular formula is C12H7Cl3N4O. The molecule has 0 saturated heterocycles. The second kappa shape index (κ2) is 6.65. The number of pyridine rings is 2. The van der Waals surface area contributed by atoms with E-state index >= 15 is 0 Å². The number of rotatable bonds is 3. The molecule has 5 nitrogen and oxygen atoms in total. The standard InChI is InChI=1S/C12H7Cl3N4O/c13-8-4-16-5-9(14)11(8)12(20)19-6-18-7-1-2-17-10(15)3-7/h1-6H,(H,17,18,19,20). The molecule has 0 aliphatic carbocycles. The Balaban J connectivity index is 2.09. The molecule has 1 amide bonds. The van der Waals surface area contributed by atoms with Crippen molar-refractivity contribution >= 4 is 52.7 Å². The highest BCUT2D eigenvalue weighted by atomic mass is 35.5. The molecular weight excluding hydrogens is 323 g/mol. The van der Waals surface area contributed by atoms with E-state index in [1.165, 1.54) is 24.9 Å². The van der Waals surface area contributed by atoms with Gasteiger partial charge in [0.1, 0.15) is 5.15 Å². The lowest BCUT2D eigenvalue weighted by Crippen LogP contribution is -2.22. The number of nitrogens with zero attached hydrogens (tertiary/aromatic N) is 3. The van der Waals surface area contributed by atoms with Crippen LogP contribution >= 0.6 is 34.8 Å². The zero-order valence-electron chi connectivity index (χ0n) is 9.85. The number of aromatic nitrogens is 2. The van der Waals surface area contributed by atoms with E-state index in [9.17, 15) is 4.79 Å². The lowest BCUT2D eigenvalue weighted by atomic mass is 10.2. The Labute approximate surface area is 129 Å². The van der Waals surface area contributed by atoms with Crippen LogP contribution in [0.25, 0.3) is 0 Å². The Kier molecular flexibility index (Phi) is 4.89. The first-order chi connectivity index (χ1) is 9.58. The minimum absolute atomic E-state index is 0.141. The van der Waals surface area contributed by atoms with Gasteiger partial charge in [-0.15, -0.1) is 0 Å². The average Bonchev–Trinajstić information content (AvgIpc) is 2.38. The molecule has 0 aliphatic heterocycles. The van der Waals surface area contributed by atoms with Crippen molar-refractivity contribution < 1.29 is 4.79 Å². The molecule has 0 radical (unpaired) electrons. The van der Waals surface area contributed by atoms with E-state index in [4.69, 9.17) is 34.8 Å². The van der Waals surface area contributed by atoms with E-state index in [0.717, 1.165) is 0 Å². The first kappa shape index (κ1) is 14.7. The van der Waals surface area contributed by atoms with Gasteiger partial charge in [-0.2, -0.15) is 0 Å². The van der Waals surface area contributed by atoms with Crippen molar-refractivity contribution in [2.24, 2.45) is 4.99 Å². The Hall–Kier alpha value is -1.69. The molecule has 1 N–H and O–H groups in total. The van der Waals surface area contributed by atoms with Gasteiger partial charge in [0.25, 0.3) is 5.91 Å². The van der Waals surface area contributed by atoms with Crippen molar-refractivity contribution in [2.45, 2.75) is 0 Å². The molecule has 0 aromatic carbocycles. The van der Waals surface area contributed by atoms with Crippen LogP contribution in [0.15, 0.2) is 35.7 Å². The fraction of sp³-hybridized carbons (Fsp3) is 0. The van der Waals surface area contributed by atoms with Gasteiger partial charge in [-0.25, -0.2) is 9.98 Å². The smallest absolute Gasteiger partial charge is 0.259 e. The molecule has 102 valence electrons. The summed E-state index contributed by atoms with van der Waals surface area (Å²) in [4.78, 5) is 23.5. The number of hydrogen-bond donors (Lipinski definition) is 1. The van der Waals surface area contributed by atoms with Gasteiger partial charge < -0.3 is 5.32 Å². The summed E-state index contributed by atoms with van der Waals surface area (Å²) in [6.07, 6.45) is 5.40. The van der Waals surface area contributed by atoms with Gasteiger partial charge in [-0.3, -0.25) is 9.78 Å². The van der Waals surface area contributed by atoms with E-state index in [0.29, 0.717) is 10.8 Å². The summed E-state index contributed by atoms with van der Waals surface area (Å²) in [6.45, 7) is 0. The number of aliphatic imine (C=N–C) groups is 1. The minimum atomic E-state index is -0.480. The van der Waals surface area contributed by atoms with Gasteiger partial charge in [-0.05, 0) is 6.07 Å². The SMILES string of the molecule is O=C(NC=Nc1ccnc(Cl)c1)c1c(Cl)cncc1Cl. The largest absolute Gasteiger partial charge is 0.313 e. The Morgan fingerprint density at radius 3 is 2.60 bits per heavy atom. The van der Waals surface area contributed by atoms with Crippen LogP contribution in [0.3, 0.4) is 0 Å². The molecule has 0 atom stereocenters. The normalized spacial score (nSPS) is 10.8. The maximum atomic E-state index is 11.9. The molecule has 2 heterocycles. The summed E-state index contributed by atoms with van der Waals surface area (Å²) >= 11 is 17.4. The number of carbonyl (C=O) groups excluding carboxylic acids is 1. The van der Waals surface area contributed by atoms with E-state index in [2.05, 4.69) is 20.3 Å². The molecule has 0 spiro atoms. The number of nitrogens with one attached hydrogen (secondary N) is 1. The van der Waals surface area contributed by atoms with Crippen LogP contribution < -0.4 is 5.32 Å². The third-order valence-electron chi connectivity index (χ3n) is 2.20. The molecule has 0 aliphatic rings. The second-order valence-corrected chi connectivity index (χ2v) is 4.75. The number of carbonyl (C=O) groups is 1. The third-order valence-corrected chi connectivity index (χ3v) is 2.98. The topological polar surface area (TPSA) is 67.2 Å². The molecule has 0 saturated carbocycles. The van der Waals surface area contributed by atoms with Crippen molar-refractivity contribution in [3.05, 3.63) is 51.5 Å². The quantitative estimate of drug-likeness (QED) is 0.532. The van der Waals surface area contributed by atoms with Gasteiger partial charge >= 0.3 is 0 Å². The van der Waals surface area contributed by atoms with Gasteiger partial charge in [0.15, 0.2) is 0 Å². The van der Waals surface area contributed by atoms with Crippen molar-refractivity contribution in [2.75, 3.05) is 0 Å². The van der Waals surface area contributed by atoms with Gasteiger partial charge in [0.2, 0.25) is 0 Å². The van der Waals surface area contributed by atoms with Gasteiger partial charge in [0.05, 0.1) is 27.6 Å². The Bertz CT molecular complexity index is 655. The number of halogens is 3. The molecule has 0 unspecified atom stereocenters. The van der Waals surface area contributed by atoms with Crippen LogP contribution in [0.2, 0.25) is 15.2 Å². The van der Waals surface area contributed by atoms with Gasteiger partial charge in [-0.1, -0.05) is 34.8 Å². The predicted molar refractivity (Wildman–Crippen MR) is 79.1 cm³/mol. The van der Waals surface area contributed by atoms with Crippen LogP contribution in [-0.2, 0) is 0 Å². The molecule has 2 aromatic rings. The summed E-state index contributed by atoms with van der Waals surface area (Å²) in [5.74, 6) is -0.480. The lowest BCUT2D eigenvalue weighted by Gasteiger charge is -2.04. The van der Waals surface area contributed by atoms with E-state index in [-0.39, 0.29) is 15.6 Å². The van der Waals surface area contributed by atoms with Gasteiger partial charge in [0, 0.05) is 24.7 Å². The fourth-order valence-corrected chi connectivity index (χ4v) is 2.04. The monoisotopic (exact) mass is 328 g/mol. The highest BCUT2D eigenvalue weighted by molar-refractivity contribution is 6.39. The molecule has 2 rings (SSSR count). The maximum absolute atomic E-state index is 11.9. The molecule has 0 fully saturated rings. The van der Waals surface area contributed by atoms with Crippen LogP contribution in [0.1, 0.15) is 10.4 Å². The van der Waals surface area contributed by atoms with Crippen LogP contribution in [0.4, 0.5) is 5.69 Å². The summed E-state index contributed by atoms with van der Waals surface area (Å²) in [7, 11) is 0. The molecule has 0 bridgehead atoms. The molecule has 8 heteroatoms. The number of amides is 1. The van der Waals surface area contributed by atoms with Crippen molar-refractivity contribution in [1.82, 2.24) is 15.3 Å². The maximum Gasteiger partial charge on any atom is 0.259 e. The van der Waals surface area contributed by atoms with Crippen LogP contribution in [-0.4, -0.2) is 22.2 Å². The third kappa shape index (κ3) is 3.66. The van der Waals surface area contributed by atoms with Crippen molar-refractivity contribution in [1.29, 1.82) is 0 Å². The Morgan fingerprint density at radius 2 is 1.95 bits per heavy atom. The zero-order chi connectivity index (χ0) is 14.5. The summed E-state index contributed by atoms with van der Waals surface area (Å²) in [5.41, 5.74) is 0.694. The zero-order valence-corrected chi connectivity index (χ0v) is 12.1. The lowest BCUT2D eigenvalue weighted by molar-refractivity contribution is 0.0978. The van der Waals surface area contributed by atoms with Crippen molar-refractivity contribution in [3.63, 3.8) is 0 Å². The summed E-state index contributed by atoms with van der Waals surface area (Å²) in [6, 6.07) is 3.19. The summed E-state index contributed by atoms with van der Waals surface area (Å²) < 4.78 is 0. The minimum Gasteiger partial charge on any atom is -0.313 e. The highest BCUT2D eigenvalue weighted by Gasteiger charge is 2.13. The predicted octanol–water partition coefficient (Wildman–Crippen LogP) is 3.53. The van der Waals surface area contributed by atoms with Crippen LogP contribution in [0.5, 0.6) is 0 Å². The summed E-state index contributed by atoms with van der Waals surface area (Å²) in [5, 5.41) is 3.09. The second-order valence-electron chi connectivity index (χ2n) is 3.55. The van der Waals surface area contributed by atoms with E-state index in [1.54, 1.807) is 12.1 Å². The van der Waals surface area contributed by atoms with E-state index < -0.39 is 5.91 Å². The average molecular weight is 330 g/mol. The van der Waals surface area contributed by atoms with Crippen molar-refractivity contribution in [3.8, 4) is 0 Å². The first-order valence-corrected chi connectivity index (χ1v) is 6.45. The Morgan fingerprint density at radius 1 is 1.25 bits per heavy atom. The highest BCUT2D eigenvalue weighted by Crippen LogP contribution is 2.22. The fourth-order valence-electron chi connectivity index (χ4n) is 1.34. The number of hydrogen-bond acceptors (Lipinski definition) is 4. The molecule has 20 heavy (non-hydrogen) atoms. The van der Waals surface area contributed by atoms with Crippen LogP contribution in [0, 0.1) is 0 Å². The van der Waals surface area contributed by atoms with E-state index in [1.807, 2.05) is 0 Å².